The summed E-state index contributed by atoms with van der Waals surface area (Å²) in [6, 6.07) is 17.0. The molecule has 0 radical (unpaired) electrons. The Kier molecular flexibility index (Phi) is 9.72. The largest absolute Gasteiger partial charge is 0.497 e. The van der Waals surface area contributed by atoms with Crippen molar-refractivity contribution in [2.24, 2.45) is 0 Å². The third kappa shape index (κ3) is 7.12. The van der Waals surface area contributed by atoms with Gasteiger partial charge in [0.2, 0.25) is 5.43 Å². The second-order valence-corrected chi connectivity index (χ2v) is 10.3. The maximum atomic E-state index is 14.1. The van der Waals surface area contributed by atoms with Gasteiger partial charge in [0, 0.05) is 66.5 Å². The van der Waals surface area contributed by atoms with Crippen LogP contribution in [0.2, 0.25) is 0 Å². The van der Waals surface area contributed by atoms with Crippen molar-refractivity contribution >= 4 is 22.5 Å². The van der Waals surface area contributed by atoms with E-state index in [1.807, 2.05) is 18.3 Å². The molecule has 3 aromatic carbocycles. The SMILES string of the molecule is CCN(C(=O)c1cn(-c2cc(OC)cc(OCCCCc3cccnc3)c2)c2cc(OC)ccc2c1=O)c1cc(F)cc(F)c1. The lowest BCUT2D eigenvalue weighted by Crippen LogP contribution is -2.35. The number of carbonyl (C=O) groups is 1. The molecule has 0 saturated heterocycles. The molecule has 0 aliphatic rings. The van der Waals surface area contributed by atoms with E-state index in [1.165, 1.54) is 20.4 Å². The number of unbranched alkanes of at least 4 members (excludes halogenated alkanes) is 1. The van der Waals surface area contributed by atoms with Gasteiger partial charge in [-0.05, 0) is 62.1 Å². The van der Waals surface area contributed by atoms with Gasteiger partial charge in [0.15, 0.2) is 0 Å². The lowest BCUT2D eigenvalue weighted by molar-refractivity contribution is 0.0987. The minimum atomic E-state index is -0.833. The van der Waals surface area contributed by atoms with Crippen LogP contribution in [0.4, 0.5) is 14.5 Å². The van der Waals surface area contributed by atoms with Crippen molar-refractivity contribution in [2.75, 3.05) is 32.3 Å². The molecule has 0 aliphatic heterocycles. The number of pyridine rings is 2. The van der Waals surface area contributed by atoms with Gasteiger partial charge in [-0.25, -0.2) is 8.78 Å². The molecule has 0 fully saturated rings. The number of hydrogen-bond acceptors (Lipinski definition) is 6. The summed E-state index contributed by atoms with van der Waals surface area (Å²) in [4.78, 5) is 32.9. The number of ether oxygens (including phenoxy) is 3. The second kappa shape index (κ2) is 14.0. The number of nitrogens with zero attached hydrogens (tertiary/aromatic N) is 3. The Hall–Kier alpha value is -5.25. The fraction of sp³-hybridized carbons (Fsp3) is 0.229. The minimum absolute atomic E-state index is 0.00127. The highest BCUT2D eigenvalue weighted by Crippen LogP contribution is 2.30. The smallest absolute Gasteiger partial charge is 0.263 e. The average molecular weight is 614 g/mol. The quantitative estimate of drug-likeness (QED) is 0.145. The second-order valence-electron chi connectivity index (χ2n) is 10.3. The number of amides is 1. The van der Waals surface area contributed by atoms with Gasteiger partial charge in [-0.2, -0.15) is 0 Å². The first kappa shape index (κ1) is 31.2. The summed E-state index contributed by atoms with van der Waals surface area (Å²) in [5, 5.41) is 0.254. The van der Waals surface area contributed by atoms with Crippen LogP contribution in [0.1, 0.15) is 35.7 Å². The Morgan fingerprint density at radius 1 is 0.911 bits per heavy atom. The third-order valence-electron chi connectivity index (χ3n) is 7.39. The number of carbonyl (C=O) groups excluding carboxylic acids is 1. The maximum absolute atomic E-state index is 14.1. The molecule has 0 atom stereocenters. The number of methoxy groups -OCH3 is 2. The highest BCUT2D eigenvalue weighted by atomic mass is 19.1. The Labute approximate surface area is 259 Å². The third-order valence-corrected chi connectivity index (χ3v) is 7.39. The van der Waals surface area contributed by atoms with E-state index in [2.05, 4.69) is 4.98 Å². The van der Waals surface area contributed by atoms with E-state index >= 15 is 0 Å². The predicted molar refractivity (Wildman–Crippen MR) is 169 cm³/mol. The van der Waals surface area contributed by atoms with E-state index in [1.54, 1.807) is 54.1 Å². The molecule has 8 nitrogen and oxygen atoms in total. The number of fused-ring (bicyclic) bond motifs is 1. The van der Waals surface area contributed by atoms with E-state index < -0.39 is 23.0 Å². The summed E-state index contributed by atoms with van der Waals surface area (Å²) in [5.41, 5.74) is 1.49. The van der Waals surface area contributed by atoms with Crippen LogP contribution in [-0.4, -0.2) is 42.8 Å². The van der Waals surface area contributed by atoms with Crippen LogP contribution in [0.5, 0.6) is 17.2 Å². The van der Waals surface area contributed by atoms with Gasteiger partial charge in [-0.1, -0.05) is 6.07 Å². The van der Waals surface area contributed by atoms with Gasteiger partial charge in [-0.15, -0.1) is 0 Å². The highest BCUT2D eigenvalue weighted by Gasteiger charge is 2.23. The van der Waals surface area contributed by atoms with Gasteiger partial charge in [0.1, 0.15) is 34.4 Å². The molecule has 5 aromatic rings. The zero-order valence-electron chi connectivity index (χ0n) is 25.3. The van der Waals surface area contributed by atoms with Gasteiger partial charge in [-0.3, -0.25) is 14.6 Å². The zero-order chi connectivity index (χ0) is 31.9. The number of anilines is 1. The van der Waals surface area contributed by atoms with Gasteiger partial charge < -0.3 is 23.7 Å². The van der Waals surface area contributed by atoms with Crippen LogP contribution in [0.25, 0.3) is 16.6 Å². The number of rotatable bonds is 12. The lowest BCUT2D eigenvalue weighted by Gasteiger charge is -2.22. The summed E-state index contributed by atoms with van der Waals surface area (Å²) in [7, 11) is 3.06. The average Bonchev–Trinajstić information content (AvgIpc) is 3.04. The molecule has 232 valence electrons. The lowest BCUT2D eigenvalue weighted by atomic mass is 10.1. The van der Waals surface area contributed by atoms with E-state index in [0.29, 0.717) is 35.1 Å². The zero-order valence-corrected chi connectivity index (χ0v) is 25.3. The normalized spacial score (nSPS) is 11.0. The first-order valence-electron chi connectivity index (χ1n) is 14.5. The predicted octanol–water partition coefficient (Wildman–Crippen LogP) is 6.75. The van der Waals surface area contributed by atoms with Crippen LogP contribution in [0.15, 0.2) is 90.1 Å². The van der Waals surface area contributed by atoms with Crippen molar-refractivity contribution in [3.05, 3.63) is 118 Å². The standard InChI is InChI=1S/C35H33F2N3O5/c1-4-39(26-15-24(36)14-25(37)16-26)35(42)32-22-40(33-20-28(43-2)10-11-31(33)34(32)41)27-17-29(44-3)19-30(18-27)45-13-6-5-8-23-9-7-12-38-21-23/h7,9-12,14-22H,4-6,8,13H2,1-3H3. The molecule has 2 heterocycles. The van der Waals surface area contributed by atoms with Gasteiger partial charge in [0.25, 0.3) is 5.91 Å². The van der Waals surface area contributed by atoms with Crippen molar-refractivity contribution in [3.63, 3.8) is 0 Å². The van der Waals surface area contributed by atoms with Crippen LogP contribution in [0, 0.1) is 11.6 Å². The molecule has 5 rings (SSSR count). The number of aryl methyl sites for hydroxylation is 1. The minimum Gasteiger partial charge on any atom is -0.497 e. The van der Waals surface area contributed by atoms with Crippen LogP contribution < -0.4 is 24.5 Å². The fourth-order valence-corrected chi connectivity index (χ4v) is 5.15. The summed E-state index contributed by atoms with van der Waals surface area (Å²) < 4.78 is 46.9. The van der Waals surface area contributed by atoms with Crippen LogP contribution in [0.3, 0.4) is 0 Å². The Morgan fingerprint density at radius 2 is 1.67 bits per heavy atom. The molecule has 0 N–H and O–H groups in total. The summed E-state index contributed by atoms with van der Waals surface area (Å²) in [5.74, 6) is -0.815. The van der Waals surface area contributed by atoms with Crippen LogP contribution >= 0.6 is 0 Å². The molecule has 0 spiro atoms. The molecule has 0 bridgehead atoms. The molecule has 2 aromatic heterocycles. The summed E-state index contributed by atoms with van der Waals surface area (Å²) in [6.07, 6.45) is 7.65. The van der Waals surface area contributed by atoms with Crippen molar-refractivity contribution < 1.29 is 27.8 Å². The molecule has 0 unspecified atom stereocenters. The van der Waals surface area contributed by atoms with Crippen molar-refractivity contribution in [1.29, 1.82) is 0 Å². The number of hydrogen-bond donors (Lipinski definition) is 0. The van der Waals surface area contributed by atoms with Gasteiger partial charge in [0.05, 0.1) is 32.0 Å². The monoisotopic (exact) mass is 613 g/mol. The summed E-state index contributed by atoms with van der Waals surface area (Å²) >= 11 is 0. The van der Waals surface area contributed by atoms with E-state index in [-0.39, 0.29) is 23.2 Å². The molecular formula is C35H33F2N3O5. The highest BCUT2D eigenvalue weighted by molar-refractivity contribution is 6.07. The Bertz CT molecular complexity index is 1860. The Balaban J connectivity index is 1.53. The van der Waals surface area contributed by atoms with E-state index in [0.717, 1.165) is 47.9 Å². The molecule has 10 heteroatoms. The molecule has 45 heavy (non-hydrogen) atoms. The molecule has 0 aliphatic carbocycles. The maximum Gasteiger partial charge on any atom is 0.263 e. The molecule has 0 saturated carbocycles. The van der Waals surface area contributed by atoms with E-state index in [9.17, 15) is 18.4 Å². The fourth-order valence-electron chi connectivity index (χ4n) is 5.15. The number of aromatic nitrogens is 2. The number of halogens is 2. The van der Waals surface area contributed by atoms with E-state index in [4.69, 9.17) is 14.2 Å². The van der Waals surface area contributed by atoms with Crippen molar-refractivity contribution in [3.8, 4) is 22.9 Å². The first-order valence-corrected chi connectivity index (χ1v) is 14.5. The topological polar surface area (TPSA) is 82.9 Å². The molecular weight excluding hydrogens is 580 g/mol. The number of benzene rings is 3. The van der Waals surface area contributed by atoms with Crippen molar-refractivity contribution in [1.82, 2.24) is 9.55 Å². The summed E-state index contributed by atoms with van der Waals surface area (Å²) in [6.45, 7) is 2.19. The van der Waals surface area contributed by atoms with Gasteiger partial charge >= 0.3 is 0 Å². The van der Waals surface area contributed by atoms with Crippen molar-refractivity contribution in [2.45, 2.75) is 26.2 Å². The Morgan fingerprint density at radius 3 is 2.36 bits per heavy atom. The first-order chi connectivity index (χ1) is 21.8. The van der Waals surface area contributed by atoms with Crippen LogP contribution in [-0.2, 0) is 6.42 Å². The molecule has 1 amide bonds.